The highest BCUT2D eigenvalue weighted by atomic mass is 19.4. The number of halogens is 7. The molecule has 0 aromatic rings. The first-order valence-corrected chi connectivity index (χ1v) is 3.06. The Morgan fingerprint density at radius 2 is 1.38 bits per heavy atom. The fourth-order valence-electron chi connectivity index (χ4n) is 0.785. The van der Waals surface area contributed by atoms with Gasteiger partial charge in [-0.2, -0.15) is 22.0 Å². The van der Waals surface area contributed by atoms with Gasteiger partial charge in [-0.3, -0.25) is 0 Å². The van der Waals surface area contributed by atoms with Gasteiger partial charge in [-0.1, -0.05) is 0 Å². The van der Waals surface area contributed by atoms with E-state index in [2.05, 4.69) is 4.74 Å². The number of alkyl halides is 7. The van der Waals surface area contributed by atoms with Gasteiger partial charge >= 0.3 is 12.1 Å². The number of ether oxygens (including phenoxy) is 1. The minimum atomic E-state index is -5.93. The molecule has 0 unspecified atom stereocenters. The zero-order valence-corrected chi connectivity index (χ0v) is 5.79. The van der Waals surface area contributed by atoms with Gasteiger partial charge in [0.2, 0.25) is 6.36 Å². The lowest BCUT2D eigenvalue weighted by molar-refractivity contribution is -0.383. The molecule has 0 spiro atoms. The molecule has 8 heteroatoms. The second-order valence-electron chi connectivity index (χ2n) is 2.47. The third-order valence-corrected chi connectivity index (χ3v) is 1.55. The van der Waals surface area contributed by atoms with E-state index in [1.165, 1.54) is 0 Å². The van der Waals surface area contributed by atoms with Gasteiger partial charge < -0.3 is 4.74 Å². The third kappa shape index (κ3) is 1.47. The average molecular weight is 212 g/mol. The maximum Gasteiger partial charge on any atom is 0.456 e. The first kappa shape index (κ1) is 10.6. The molecule has 0 N–H and O–H groups in total. The van der Waals surface area contributed by atoms with Crippen LogP contribution in [0.2, 0.25) is 0 Å². The predicted octanol–water partition coefficient (Wildman–Crippen LogP) is 2.22. The molecule has 1 heterocycles. The van der Waals surface area contributed by atoms with E-state index in [4.69, 9.17) is 0 Å². The molecule has 0 saturated carbocycles. The molecule has 1 aliphatic heterocycles. The van der Waals surface area contributed by atoms with Crippen LogP contribution in [0.1, 0.15) is 0 Å². The molecule has 0 aromatic carbocycles. The Labute approximate surface area is 67.5 Å². The molecule has 1 nitrogen and oxygen atoms in total. The van der Waals surface area contributed by atoms with Crippen molar-refractivity contribution >= 4 is 0 Å². The Morgan fingerprint density at radius 3 is 1.62 bits per heavy atom. The van der Waals surface area contributed by atoms with E-state index >= 15 is 0 Å². The molecule has 0 aromatic heterocycles. The highest BCUT2D eigenvalue weighted by Gasteiger charge is 2.70. The third-order valence-electron chi connectivity index (χ3n) is 1.55. The summed E-state index contributed by atoms with van der Waals surface area (Å²) < 4.78 is 86.0. The lowest BCUT2D eigenvalue weighted by Crippen LogP contribution is -2.62. The topological polar surface area (TPSA) is 9.23 Å². The van der Waals surface area contributed by atoms with E-state index in [-0.39, 0.29) is 0 Å². The summed E-state index contributed by atoms with van der Waals surface area (Å²) in [5.74, 6) is -5.35. The highest BCUT2D eigenvalue weighted by Crippen LogP contribution is 2.46. The first-order chi connectivity index (χ1) is 5.68. The summed E-state index contributed by atoms with van der Waals surface area (Å²) in [7, 11) is 0. The van der Waals surface area contributed by atoms with E-state index in [0.29, 0.717) is 0 Å². The molecule has 0 radical (unpaired) electrons. The minimum Gasteiger partial charge on any atom is -0.332 e. The zero-order valence-electron chi connectivity index (χ0n) is 5.79. The van der Waals surface area contributed by atoms with Crippen LogP contribution >= 0.6 is 0 Å². The lowest BCUT2D eigenvalue weighted by Gasteiger charge is -2.39. The maximum absolute atomic E-state index is 12.1. The van der Waals surface area contributed by atoms with E-state index < -0.39 is 30.7 Å². The SMILES string of the molecule is F[C@H]1[C@H](F)O[C@H]1C(F)(F)C(F)(F)F. The van der Waals surface area contributed by atoms with Crippen molar-refractivity contribution < 1.29 is 35.5 Å². The van der Waals surface area contributed by atoms with Crippen LogP contribution in [0, 0.1) is 0 Å². The van der Waals surface area contributed by atoms with Crippen molar-refractivity contribution in [2.75, 3.05) is 0 Å². The van der Waals surface area contributed by atoms with E-state index in [0.717, 1.165) is 0 Å². The van der Waals surface area contributed by atoms with E-state index in [1.807, 2.05) is 0 Å². The van der Waals surface area contributed by atoms with Crippen molar-refractivity contribution in [1.82, 2.24) is 0 Å². The van der Waals surface area contributed by atoms with Gasteiger partial charge in [0.1, 0.15) is 0 Å². The summed E-state index contributed by atoms with van der Waals surface area (Å²) in [6.45, 7) is 0. The summed E-state index contributed by atoms with van der Waals surface area (Å²) >= 11 is 0. The summed E-state index contributed by atoms with van der Waals surface area (Å²) in [5.41, 5.74) is 0. The van der Waals surface area contributed by atoms with E-state index in [1.54, 1.807) is 0 Å². The van der Waals surface area contributed by atoms with Crippen LogP contribution in [0.5, 0.6) is 0 Å². The molecule has 1 aliphatic rings. The Bertz CT molecular complexity index is 200. The van der Waals surface area contributed by atoms with Crippen molar-refractivity contribution in [2.45, 2.75) is 30.7 Å². The van der Waals surface area contributed by atoms with Gasteiger partial charge in [0.15, 0.2) is 12.3 Å². The Kier molecular flexibility index (Phi) is 2.21. The Balaban J connectivity index is 2.72. The first-order valence-electron chi connectivity index (χ1n) is 3.06. The van der Waals surface area contributed by atoms with Crippen molar-refractivity contribution in [1.29, 1.82) is 0 Å². The molecule has 1 rings (SSSR count). The fraction of sp³-hybridized carbons (Fsp3) is 1.00. The quantitative estimate of drug-likeness (QED) is 0.605. The van der Waals surface area contributed by atoms with Gasteiger partial charge in [0.05, 0.1) is 0 Å². The molecule has 1 saturated heterocycles. The van der Waals surface area contributed by atoms with Crippen LogP contribution in [0.25, 0.3) is 0 Å². The van der Waals surface area contributed by atoms with Gasteiger partial charge in [0, 0.05) is 0 Å². The largest absolute Gasteiger partial charge is 0.456 e. The highest BCUT2D eigenvalue weighted by molar-refractivity contribution is 4.97. The predicted molar refractivity (Wildman–Crippen MR) is 25.7 cm³/mol. The normalized spacial score (nSPS) is 35.8. The molecular formula is C5H3F7O. The molecule has 3 atom stereocenters. The molecule has 0 bridgehead atoms. The number of hydrogen-bond acceptors (Lipinski definition) is 1. The van der Waals surface area contributed by atoms with E-state index in [9.17, 15) is 30.7 Å². The van der Waals surface area contributed by atoms with Crippen molar-refractivity contribution in [2.24, 2.45) is 0 Å². The van der Waals surface area contributed by atoms with Crippen molar-refractivity contribution in [3.8, 4) is 0 Å². The molecular weight excluding hydrogens is 209 g/mol. The second-order valence-corrected chi connectivity index (χ2v) is 2.47. The standard InChI is InChI=1S/C5H3F7O/c6-1-2(13-3(1)7)4(8,9)5(10,11)12/h1-3H/t1-,2-,3-/m1/s1. The Morgan fingerprint density at radius 1 is 0.923 bits per heavy atom. The number of hydrogen-bond donors (Lipinski definition) is 0. The van der Waals surface area contributed by atoms with Gasteiger partial charge in [0.25, 0.3) is 0 Å². The van der Waals surface area contributed by atoms with Crippen LogP contribution in [-0.2, 0) is 4.74 Å². The summed E-state index contributed by atoms with van der Waals surface area (Å²) in [6, 6.07) is 0. The van der Waals surface area contributed by atoms with Crippen LogP contribution < -0.4 is 0 Å². The molecule has 1 fully saturated rings. The smallest absolute Gasteiger partial charge is 0.332 e. The average Bonchev–Trinajstić information content (AvgIpc) is 1.97. The van der Waals surface area contributed by atoms with Crippen LogP contribution in [0.15, 0.2) is 0 Å². The van der Waals surface area contributed by atoms with Crippen LogP contribution in [-0.4, -0.2) is 30.7 Å². The second kappa shape index (κ2) is 2.73. The maximum atomic E-state index is 12.1. The van der Waals surface area contributed by atoms with Crippen molar-refractivity contribution in [3.05, 3.63) is 0 Å². The van der Waals surface area contributed by atoms with Gasteiger partial charge in [-0.05, 0) is 0 Å². The fourth-order valence-corrected chi connectivity index (χ4v) is 0.785. The monoisotopic (exact) mass is 212 g/mol. The zero-order chi connectivity index (χ0) is 10.4. The van der Waals surface area contributed by atoms with Crippen molar-refractivity contribution in [3.63, 3.8) is 0 Å². The minimum absolute atomic E-state index is 2.70. The summed E-state index contributed by atoms with van der Waals surface area (Å²) in [5, 5.41) is 0. The summed E-state index contributed by atoms with van der Waals surface area (Å²) in [4.78, 5) is 0. The van der Waals surface area contributed by atoms with Crippen LogP contribution in [0.4, 0.5) is 30.7 Å². The summed E-state index contributed by atoms with van der Waals surface area (Å²) in [6.07, 6.45) is -14.6. The molecule has 78 valence electrons. The lowest BCUT2D eigenvalue weighted by atomic mass is 10.0. The molecule has 0 aliphatic carbocycles. The van der Waals surface area contributed by atoms with Crippen LogP contribution in [0.3, 0.4) is 0 Å². The molecule has 13 heavy (non-hydrogen) atoms. The van der Waals surface area contributed by atoms with Gasteiger partial charge in [-0.15, -0.1) is 0 Å². The molecule has 0 amide bonds. The van der Waals surface area contributed by atoms with Gasteiger partial charge in [-0.25, -0.2) is 8.78 Å². The Hall–Kier alpha value is -0.530. The number of rotatable bonds is 1.